The summed E-state index contributed by atoms with van der Waals surface area (Å²) in [5.74, 6) is 0.591. The molecule has 0 aromatic heterocycles. The van der Waals surface area contributed by atoms with E-state index in [1.54, 1.807) is 0 Å². The molecule has 0 N–H and O–H groups in total. The summed E-state index contributed by atoms with van der Waals surface area (Å²) < 4.78 is 23.1. The molecule has 100 valence electrons. The summed E-state index contributed by atoms with van der Waals surface area (Å²) in [5, 5.41) is -0.301. The van der Waals surface area contributed by atoms with Gasteiger partial charge in [0.15, 0.2) is 0 Å². The van der Waals surface area contributed by atoms with Gasteiger partial charge in [-0.25, -0.2) is 8.42 Å². The molecule has 0 bridgehead atoms. The number of Topliss-reactive ketones (excluding diaryl/α,β-unsaturated/α-hetero) is 1. The van der Waals surface area contributed by atoms with E-state index in [0.29, 0.717) is 12.3 Å². The normalized spacial score (nSPS) is 28.1. The van der Waals surface area contributed by atoms with Crippen LogP contribution in [0.5, 0.6) is 0 Å². The molecule has 3 unspecified atom stereocenters. The maximum atomic E-state index is 12.2. The van der Waals surface area contributed by atoms with E-state index in [1.807, 2.05) is 20.8 Å². The Kier molecular flexibility index (Phi) is 4.76. The van der Waals surface area contributed by atoms with Crippen molar-refractivity contribution in [2.75, 3.05) is 6.26 Å². The Labute approximate surface area is 105 Å². The Bertz CT molecular complexity index is 370. The lowest BCUT2D eigenvalue weighted by Crippen LogP contribution is -2.34. The van der Waals surface area contributed by atoms with E-state index in [1.165, 1.54) is 6.26 Å². The maximum absolute atomic E-state index is 12.2. The number of hydrogen-bond acceptors (Lipinski definition) is 3. The van der Waals surface area contributed by atoms with Crippen molar-refractivity contribution in [1.82, 2.24) is 0 Å². The fourth-order valence-corrected chi connectivity index (χ4v) is 3.67. The number of carbonyl (C=O) groups excluding carboxylic acids is 1. The van der Waals surface area contributed by atoms with E-state index in [9.17, 15) is 13.2 Å². The lowest BCUT2D eigenvalue weighted by Gasteiger charge is -2.29. The monoisotopic (exact) mass is 260 g/mol. The van der Waals surface area contributed by atoms with Gasteiger partial charge in [-0.3, -0.25) is 4.79 Å². The van der Waals surface area contributed by atoms with Crippen molar-refractivity contribution >= 4 is 15.6 Å². The molecule has 0 spiro atoms. The molecule has 1 aliphatic carbocycles. The minimum absolute atomic E-state index is 0.0401. The van der Waals surface area contributed by atoms with Crippen LogP contribution in [0.3, 0.4) is 0 Å². The predicted molar refractivity (Wildman–Crippen MR) is 69.6 cm³/mol. The van der Waals surface area contributed by atoms with Gasteiger partial charge in [0.1, 0.15) is 15.6 Å². The molecule has 0 radical (unpaired) electrons. The summed E-state index contributed by atoms with van der Waals surface area (Å²) in [5.41, 5.74) is 0. The van der Waals surface area contributed by atoms with Crippen molar-refractivity contribution in [2.24, 2.45) is 17.8 Å². The minimum Gasteiger partial charge on any atom is -0.299 e. The van der Waals surface area contributed by atoms with Crippen molar-refractivity contribution < 1.29 is 13.2 Å². The van der Waals surface area contributed by atoms with Crippen LogP contribution in [0.15, 0.2) is 0 Å². The first-order chi connectivity index (χ1) is 7.73. The topological polar surface area (TPSA) is 51.2 Å². The lowest BCUT2D eigenvalue weighted by atomic mass is 9.79. The molecular weight excluding hydrogens is 236 g/mol. The van der Waals surface area contributed by atoms with E-state index in [-0.39, 0.29) is 22.9 Å². The summed E-state index contributed by atoms with van der Waals surface area (Å²) in [6.45, 7) is 6.04. The van der Waals surface area contributed by atoms with Gasteiger partial charge in [-0.1, -0.05) is 27.2 Å². The Balaban J connectivity index is 2.70. The second-order valence-electron chi connectivity index (χ2n) is 5.75. The second kappa shape index (κ2) is 5.51. The van der Waals surface area contributed by atoms with Crippen LogP contribution in [-0.2, 0) is 14.6 Å². The van der Waals surface area contributed by atoms with Crippen molar-refractivity contribution in [2.45, 2.75) is 51.7 Å². The first-order valence-electron chi connectivity index (χ1n) is 6.46. The maximum Gasteiger partial charge on any atom is 0.150 e. The van der Waals surface area contributed by atoms with Crippen molar-refractivity contribution in [3.63, 3.8) is 0 Å². The highest BCUT2D eigenvalue weighted by atomic mass is 32.2. The van der Waals surface area contributed by atoms with E-state index in [4.69, 9.17) is 0 Å². The van der Waals surface area contributed by atoms with Crippen LogP contribution in [-0.4, -0.2) is 25.7 Å². The first-order valence-corrected chi connectivity index (χ1v) is 8.41. The van der Waals surface area contributed by atoms with Gasteiger partial charge in [0.25, 0.3) is 0 Å². The summed E-state index contributed by atoms with van der Waals surface area (Å²) in [6.07, 6.45) is 4.27. The number of sulfone groups is 1. The zero-order chi connectivity index (χ0) is 13.2. The van der Waals surface area contributed by atoms with Crippen LogP contribution < -0.4 is 0 Å². The van der Waals surface area contributed by atoms with E-state index >= 15 is 0 Å². The molecular formula is C13H24O3S. The zero-order valence-corrected chi connectivity index (χ0v) is 12.1. The zero-order valence-electron chi connectivity index (χ0n) is 11.3. The molecule has 1 fully saturated rings. The smallest absolute Gasteiger partial charge is 0.150 e. The van der Waals surface area contributed by atoms with Crippen molar-refractivity contribution in [3.8, 4) is 0 Å². The summed E-state index contributed by atoms with van der Waals surface area (Å²) in [7, 11) is -2.99. The Morgan fingerprint density at radius 3 is 2.24 bits per heavy atom. The molecule has 0 aromatic rings. The van der Waals surface area contributed by atoms with Gasteiger partial charge in [-0.2, -0.15) is 0 Å². The highest BCUT2D eigenvalue weighted by Crippen LogP contribution is 2.31. The Hall–Kier alpha value is -0.380. The van der Waals surface area contributed by atoms with Crippen LogP contribution in [0.2, 0.25) is 0 Å². The molecule has 3 nitrogen and oxygen atoms in total. The van der Waals surface area contributed by atoms with Crippen LogP contribution in [0.4, 0.5) is 0 Å². The van der Waals surface area contributed by atoms with Gasteiger partial charge in [0.05, 0.1) is 5.25 Å². The summed E-state index contributed by atoms with van der Waals surface area (Å²) in [6, 6.07) is 0. The average molecular weight is 260 g/mol. The quantitative estimate of drug-likeness (QED) is 0.780. The number of carbonyl (C=O) groups is 1. The molecule has 3 atom stereocenters. The molecule has 0 aliphatic heterocycles. The van der Waals surface area contributed by atoms with Gasteiger partial charge in [-0.15, -0.1) is 0 Å². The molecule has 4 heteroatoms. The van der Waals surface area contributed by atoms with Gasteiger partial charge in [0, 0.05) is 18.1 Å². The standard InChI is InChI=1S/C13H24O3S/c1-9(2)10(3)13(14)11-6-5-7-12(8-11)17(4,15)16/h9-12H,5-8H2,1-4H3. The van der Waals surface area contributed by atoms with Crippen LogP contribution in [0.25, 0.3) is 0 Å². The fourth-order valence-electron chi connectivity index (χ4n) is 2.49. The SMILES string of the molecule is CC(C)C(C)C(=O)C1CCCC(S(C)(=O)=O)C1. The molecule has 0 heterocycles. The molecule has 1 saturated carbocycles. The molecule has 0 aromatic carbocycles. The van der Waals surface area contributed by atoms with E-state index < -0.39 is 9.84 Å². The first kappa shape index (κ1) is 14.7. The number of rotatable bonds is 4. The Morgan fingerprint density at radius 2 is 1.76 bits per heavy atom. The highest BCUT2D eigenvalue weighted by Gasteiger charge is 2.34. The van der Waals surface area contributed by atoms with Crippen LogP contribution >= 0.6 is 0 Å². The fraction of sp³-hybridized carbons (Fsp3) is 0.923. The van der Waals surface area contributed by atoms with Crippen LogP contribution in [0.1, 0.15) is 46.5 Å². The van der Waals surface area contributed by atoms with Crippen LogP contribution in [0, 0.1) is 17.8 Å². The highest BCUT2D eigenvalue weighted by molar-refractivity contribution is 7.91. The third-order valence-corrected chi connectivity index (χ3v) is 5.72. The molecule has 17 heavy (non-hydrogen) atoms. The van der Waals surface area contributed by atoms with E-state index in [2.05, 4.69) is 0 Å². The van der Waals surface area contributed by atoms with Crippen molar-refractivity contribution in [3.05, 3.63) is 0 Å². The largest absolute Gasteiger partial charge is 0.299 e. The summed E-state index contributed by atoms with van der Waals surface area (Å²) in [4.78, 5) is 12.2. The van der Waals surface area contributed by atoms with Crippen molar-refractivity contribution in [1.29, 1.82) is 0 Å². The summed E-state index contributed by atoms with van der Waals surface area (Å²) >= 11 is 0. The second-order valence-corrected chi connectivity index (χ2v) is 8.08. The minimum atomic E-state index is -2.99. The third kappa shape index (κ3) is 3.80. The molecule has 0 amide bonds. The lowest BCUT2D eigenvalue weighted by molar-refractivity contribution is -0.128. The molecule has 1 rings (SSSR count). The number of hydrogen-bond donors (Lipinski definition) is 0. The number of ketones is 1. The average Bonchev–Trinajstić information content (AvgIpc) is 2.26. The Morgan fingerprint density at radius 1 is 1.18 bits per heavy atom. The van der Waals surface area contributed by atoms with Gasteiger partial charge < -0.3 is 0 Å². The molecule has 1 aliphatic rings. The van der Waals surface area contributed by atoms with Gasteiger partial charge >= 0.3 is 0 Å². The predicted octanol–water partition coefficient (Wildman–Crippen LogP) is 2.45. The van der Waals surface area contributed by atoms with Gasteiger partial charge in [-0.05, 0) is 25.2 Å². The molecule has 0 saturated heterocycles. The third-order valence-electron chi connectivity index (χ3n) is 4.08. The van der Waals surface area contributed by atoms with E-state index in [0.717, 1.165) is 19.3 Å². The van der Waals surface area contributed by atoms with Gasteiger partial charge in [0.2, 0.25) is 0 Å².